The molecule has 2 amide bonds. The van der Waals surface area contributed by atoms with Crippen LogP contribution in [0.4, 0.5) is 5.69 Å². The molecular weight excluding hydrogens is 633 g/mol. The van der Waals surface area contributed by atoms with Crippen molar-refractivity contribution in [2.24, 2.45) is 0 Å². The van der Waals surface area contributed by atoms with Crippen LogP contribution in [0, 0.1) is 0 Å². The van der Waals surface area contributed by atoms with Gasteiger partial charge in [-0.15, -0.1) is 0 Å². The summed E-state index contributed by atoms with van der Waals surface area (Å²) in [4.78, 5) is 29.6. The molecule has 1 N–H and O–H groups in total. The number of carbonyl (C=O) groups excluding carboxylic acids is 2. The summed E-state index contributed by atoms with van der Waals surface area (Å²) in [5, 5.41) is 3.51. The molecule has 0 spiro atoms. The lowest BCUT2D eigenvalue weighted by Crippen LogP contribution is -2.53. The van der Waals surface area contributed by atoms with E-state index in [4.69, 9.17) is 27.9 Å². The molecule has 45 heavy (non-hydrogen) atoms. The van der Waals surface area contributed by atoms with Crippen molar-refractivity contribution in [3.8, 4) is 5.75 Å². The summed E-state index contributed by atoms with van der Waals surface area (Å²) in [6.45, 7) is 1.71. The number of sulfonamides is 1. The SMILES string of the molecule is CCCNC(=O)[C@H](Cc1ccccc1)N(Cc1ccccc1Cl)C(=O)CN(c1ccc(OC)c(Cl)c1)S(=O)(=O)c1ccccc1. The molecule has 0 heterocycles. The summed E-state index contributed by atoms with van der Waals surface area (Å²) in [7, 11) is -2.81. The van der Waals surface area contributed by atoms with E-state index in [9.17, 15) is 18.0 Å². The van der Waals surface area contributed by atoms with Crippen molar-refractivity contribution in [1.82, 2.24) is 10.2 Å². The molecule has 0 bridgehead atoms. The molecule has 11 heteroatoms. The number of methoxy groups -OCH3 is 1. The largest absolute Gasteiger partial charge is 0.495 e. The molecule has 0 fully saturated rings. The van der Waals surface area contributed by atoms with Gasteiger partial charge in [0, 0.05) is 24.5 Å². The lowest BCUT2D eigenvalue weighted by atomic mass is 10.0. The summed E-state index contributed by atoms with van der Waals surface area (Å²) in [5.74, 6) is -0.611. The first-order valence-electron chi connectivity index (χ1n) is 14.4. The molecule has 0 unspecified atom stereocenters. The summed E-state index contributed by atoms with van der Waals surface area (Å²) >= 11 is 12.9. The van der Waals surface area contributed by atoms with E-state index in [2.05, 4.69) is 5.32 Å². The van der Waals surface area contributed by atoms with Crippen LogP contribution in [0.3, 0.4) is 0 Å². The Balaban J connectivity index is 1.82. The minimum absolute atomic E-state index is 0.0103. The minimum atomic E-state index is -4.26. The third kappa shape index (κ3) is 8.57. The molecule has 1 atom stereocenters. The van der Waals surface area contributed by atoms with E-state index in [1.165, 1.54) is 42.3 Å². The molecule has 4 aromatic carbocycles. The second kappa shape index (κ2) is 15.8. The number of carbonyl (C=O) groups is 2. The van der Waals surface area contributed by atoms with Gasteiger partial charge >= 0.3 is 0 Å². The van der Waals surface area contributed by atoms with Crippen LogP contribution < -0.4 is 14.4 Å². The Morgan fingerprint density at radius 3 is 2.13 bits per heavy atom. The van der Waals surface area contributed by atoms with Gasteiger partial charge in [0.25, 0.3) is 10.0 Å². The Bertz CT molecular complexity index is 1710. The fourth-order valence-corrected chi connectivity index (χ4v) is 6.66. The zero-order chi connectivity index (χ0) is 32.4. The third-order valence-corrected chi connectivity index (χ3v) is 9.60. The van der Waals surface area contributed by atoms with Gasteiger partial charge in [0.2, 0.25) is 11.8 Å². The Kier molecular flexibility index (Phi) is 11.9. The standard InChI is InChI=1S/C34H35Cl2N3O5S/c1-3-20-37-34(41)31(21-25-12-6-4-7-13-25)38(23-26-14-10-11-17-29(26)35)33(40)24-39(27-18-19-32(44-2)30(36)22-27)45(42,43)28-15-8-5-9-16-28/h4-19,22,31H,3,20-21,23-24H2,1-2H3,(H,37,41)/t31-/m0/s1. The molecule has 8 nitrogen and oxygen atoms in total. The maximum absolute atomic E-state index is 14.5. The van der Waals surface area contributed by atoms with Gasteiger partial charge in [-0.2, -0.15) is 0 Å². The molecule has 4 rings (SSSR count). The second-order valence-electron chi connectivity index (χ2n) is 10.3. The van der Waals surface area contributed by atoms with E-state index < -0.39 is 28.5 Å². The molecule has 0 saturated carbocycles. The number of rotatable bonds is 14. The maximum Gasteiger partial charge on any atom is 0.264 e. The van der Waals surface area contributed by atoms with Gasteiger partial charge in [-0.1, -0.05) is 96.9 Å². The van der Waals surface area contributed by atoms with Crippen molar-refractivity contribution < 1.29 is 22.7 Å². The van der Waals surface area contributed by atoms with Crippen molar-refractivity contribution in [2.75, 3.05) is 24.5 Å². The highest BCUT2D eigenvalue weighted by Gasteiger charge is 2.35. The van der Waals surface area contributed by atoms with Crippen LogP contribution in [0.5, 0.6) is 5.75 Å². The zero-order valence-electron chi connectivity index (χ0n) is 25.0. The van der Waals surface area contributed by atoms with Crippen molar-refractivity contribution >= 4 is 50.7 Å². The molecular formula is C34H35Cl2N3O5S. The van der Waals surface area contributed by atoms with E-state index in [1.54, 1.807) is 42.5 Å². The number of halogens is 2. The van der Waals surface area contributed by atoms with Gasteiger partial charge in [0.1, 0.15) is 18.3 Å². The number of nitrogens with one attached hydrogen (secondary N) is 1. The number of nitrogens with zero attached hydrogens (tertiary/aromatic N) is 2. The normalized spacial score (nSPS) is 11.8. The van der Waals surface area contributed by atoms with Crippen LogP contribution in [0.1, 0.15) is 24.5 Å². The van der Waals surface area contributed by atoms with Crippen molar-refractivity contribution in [3.63, 3.8) is 0 Å². The van der Waals surface area contributed by atoms with E-state index in [0.29, 0.717) is 29.3 Å². The van der Waals surface area contributed by atoms with Crippen LogP contribution in [0.2, 0.25) is 10.0 Å². The second-order valence-corrected chi connectivity index (χ2v) is 12.9. The van der Waals surface area contributed by atoms with E-state index in [0.717, 1.165) is 9.87 Å². The molecule has 0 aromatic heterocycles. The predicted octanol–water partition coefficient (Wildman–Crippen LogP) is 6.36. The lowest BCUT2D eigenvalue weighted by Gasteiger charge is -2.34. The Labute approximate surface area is 274 Å². The third-order valence-electron chi connectivity index (χ3n) is 7.15. The van der Waals surface area contributed by atoms with Gasteiger partial charge in [0.15, 0.2) is 0 Å². The summed E-state index contributed by atoms with van der Waals surface area (Å²) in [5.41, 5.74) is 1.60. The Hall–Kier alpha value is -4.05. The fraction of sp³-hybridized carbons (Fsp3) is 0.235. The van der Waals surface area contributed by atoms with E-state index in [1.807, 2.05) is 37.3 Å². The van der Waals surface area contributed by atoms with E-state index >= 15 is 0 Å². The highest BCUT2D eigenvalue weighted by Crippen LogP contribution is 2.32. The first kappa shape index (κ1) is 33.8. The summed E-state index contributed by atoms with van der Waals surface area (Å²) in [6.07, 6.45) is 0.899. The number of anilines is 1. The fourth-order valence-electron chi connectivity index (χ4n) is 4.79. The number of ether oxygens (including phenoxy) is 1. The maximum atomic E-state index is 14.5. The number of hydrogen-bond donors (Lipinski definition) is 1. The Morgan fingerprint density at radius 1 is 0.867 bits per heavy atom. The van der Waals surface area contributed by atoms with Gasteiger partial charge in [-0.3, -0.25) is 13.9 Å². The molecule has 0 aliphatic heterocycles. The smallest absolute Gasteiger partial charge is 0.264 e. The van der Waals surface area contributed by atoms with Crippen molar-refractivity contribution in [3.05, 3.63) is 124 Å². The van der Waals surface area contributed by atoms with E-state index in [-0.39, 0.29) is 34.5 Å². The lowest BCUT2D eigenvalue weighted by molar-refractivity contribution is -0.140. The number of benzene rings is 4. The quantitative estimate of drug-likeness (QED) is 0.169. The van der Waals surface area contributed by atoms with Gasteiger partial charge < -0.3 is 15.0 Å². The summed E-state index contributed by atoms with van der Waals surface area (Å²) in [6, 6.07) is 27.7. The molecule has 0 aliphatic carbocycles. The van der Waals surface area contributed by atoms with Crippen molar-refractivity contribution in [2.45, 2.75) is 37.2 Å². The van der Waals surface area contributed by atoms with Crippen molar-refractivity contribution in [1.29, 1.82) is 0 Å². The number of hydrogen-bond acceptors (Lipinski definition) is 5. The van der Waals surface area contributed by atoms with Crippen LogP contribution in [0.25, 0.3) is 0 Å². The average molecular weight is 669 g/mol. The Morgan fingerprint density at radius 2 is 1.51 bits per heavy atom. The highest BCUT2D eigenvalue weighted by atomic mass is 35.5. The molecule has 0 radical (unpaired) electrons. The summed E-state index contributed by atoms with van der Waals surface area (Å²) < 4.78 is 34.4. The molecule has 0 aliphatic rings. The minimum Gasteiger partial charge on any atom is -0.495 e. The van der Waals surface area contributed by atoms with Gasteiger partial charge in [-0.25, -0.2) is 8.42 Å². The van der Waals surface area contributed by atoms with Crippen LogP contribution in [-0.4, -0.2) is 51.4 Å². The molecule has 4 aromatic rings. The molecule has 236 valence electrons. The van der Waals surface area contributed by atoms with Gasteiger partial charge in [-0.05, 0) is 53.9 Å². The monoisotopic (exact) mass is 667 g/mol. The molecule has 0 saturated heterocycles. The van der Waals surface area contributed by atoms with Crippen LogP contribution in [0.15, 0.2) is 108 Å². The van der Waals surface area contributed by atoms with Crippen LogP contribution in [-0.2, 0) is 32.6 Å². The highest BCUT2D eigenvalue weighted by molar-refractivity contribution is 7.92. The average Bonchev–Trinajstić information content (AvgIpc) is 3.05. The zero-order valence-corrected chi connectivity index (χ0v) is 27.4. The topological polar surface area (TPSA) is 96.0 Å². The van der Waals surface area contributed by atoms with Crippen LogP contribution >= 0.6 is 23.2 Å². The van der Waals surface area contributed by atoms with Gasteiger partial charge in [0.05, 0.1) is 22.7 Å². The first-order chi connectivity index (χ1) is 21.6. The number of amides is 2. The first-order valence-corrected chi connectivity index (χ1v) is 16.6. The predicted molar refractivity (Wildman–Crippen MR) is 178 cm³/mol.